The first-order chi connectivity index (χ1) is 9.19. The van der Waals surface area contributed by atoms with Crippen molar-refractivity contribution >= 4 is 0 Å². The molecule has 3 unspecified atom stereocenters. The Morgan fingerprint density at radius 2 is 1.84 bits per heavy atom. The molecule has 0 spiro atoms. The minimum Gasteiger partial charge on any atom is -0.386 e. The van der Waals surface area contributed by atoms with Gasteiger partial charge in [0, 0.05) is 6.61 Å². The van der Waals surface area contributed by atoms with E-state index in [0.717, 1.165) is 18.6 Å². The van der Waals surface area contributed by atoms with Crippen molar-refractivity contribution in [3.05, 3.63) is 35.9 Å². The van der Waals surface area contributed by atoms with Crippen molar-refractivity contribution < 1.29 is 9.84 Å². The van der Waals surface area contributed by atoms with Gasteiger partial charge in [0.2, 0.25) is 0 Å². The predicted molar refractivity (Wildman–Crippen MR) is 80.1 cm³/mol. The molecule has 1 aromatic carbocycles. The van der Waals surface area contributed by atoms with Crippen molar-refractivity contribution in [3.8, 4) is 0 Å². The van der Waals surface area contributed by atoms with Gasteiger partial charge in [-0.2, -0.15) is 0 Å². The summed E-state index contributed by atoms with van der Waals surface area (Å²) in [6.07, 6.45) is 4.17. The molecule has 1 aromatic rings. The van der Waals surface area contributed by atoms with Gasteiger partial charge in [-0.1, -0.05) is 63.4 Å². The zero-order chi connectivity index (χ0) is 14.1. The monoisotopic (exact) mass is 264 g/mol. The van der Waals surface area contributed by atoms with Gasteiger partial charge in [0.05, 0.1) is 6.10 Å². The average Bonchev–Trinajstić information content (AvgIpc) is 2.47. The Morgan fingerprint density at radius 1 is 1.16 bits per heavy atom. The summed E-state index contributed by atoms with van der Waals surface area (Å²) in [5.74, 6) is 0.616. The van der Waals surface area contributed by atoms with Crippen LogP contribution in [0.15, 0.2) is 30.3 Å². The second-order valence-corrected chi connectivity index (χ2v) is 5.31. The normalized spacial score (nSPS) is 16.0. The number of hydrogen-bond acceptors (Lipinski definition) is 2. The van der Waals surface area contributed by atoms with Crippen LogP contribution in [0.25, 0.3) is 0 Å². The van der Waals surface area contributed by atoms with Crippen molar-refractivity contribution in [2.75, 3.05) is 6.61 Å². The second kappa shape index (κ2) is 9.11. The quantitative estimate of drug-likeness (QED) is 0.719. The molecule has 0 aromatic heterocycles. The third-order valence-electron chi connectivity index (χ3n) is 3.72. The summed E-state index contributed by atoms with van der Waals surface area (Å²) in [6, 6.07) is 9.74. The molecular formula is C17H28O2. The van der Waals surface area contributed by atoms with Crippen LogP contribution >= 0.6 is 0 Å². The highest BCUT2D eigenvalue weighted by molar-refractivity contribution is 5.18. The van der Waals surface area contributed by atoms with Crippen LogP contribution in [0, 0.1) is 5.92 Å². The van der Waals surface area contributed by atoms with Gasteiger partial charge in [-0.05, 0) is 24.8 Å². The first-order valence-corrected chi connectivity index (χ1v) is 7.53. The lowest BCUT2D eigenvalue weighted by Gasteiger charge is -2.23. The van der Waals surface area contributed by atoms with Gasteiger partial charge >= 0.3 is 0 Å². The van der Waals surface area contributed by atoms with Crippen LogP contribution in [0.1, 0.15) is 58.1 Å². The summed E-state index contributed by atoms with van der Waals surface area (Å²) in [6.45, 7) is 7.13. The third kappa shape index (κ3) is 5.75. The van der Waals surface area contributed by atoms with Crippen molar-refractivity contribution in [1.82, 2.24) is 0 Å². The molecule has 1 rings (SSSR count). The molecule has 108 valence electrons. The minimum absolute atomic E-state index is 0.155. The summed E-state index contributed by atoms with van der Waals surface area (Å²) in [5.41, 5.74) is 0.927. The van der Waals surface area contributed by atoms with E-state index < -0.39 is 6.10 Å². The number of ether oxygens (including phenoxy) is 1. The molecule has 19 heavy (non-hydrogen) atoms. The van der Waals surface area contributed by atoms with E-state index >= 15 is 0 Å². The van der Waals surface area contributed by atoms with E-state index in [1.54, 1.807) is 0 Å². The lowest BCUT2D eigenvalue weighted by atomic mass is 10.00. The SMILES string of the molecule is CCCCC(CC)COC(C)C(O)c1ccccc1. The van der Waals surface area contributed by atoms with Crippen LogP contribution in [0.5, 0.6) is 0 Å². The van der Waals surface area contributed by atoms with E-state index in [0.29, 0.717) is 5.92 Å². The number of unbranched alkanes of at least 4 members (excludes halogenated alkanes) is 1. The Bertz CT molecular complexity index is 323. The Hall–Kier alpha value is -0.860. The highest BCUT2D eigenvalue weighted by Crippen LogP contribution is 2.21. The van der Waals surface area contributed by atoms with E-state index in [2.05, 4.69) is 13.8 Å². The molecule has 0 aliphatic carbocycles. The second-order valence-electron chi connectivity index (χ2n) is 5.31. The van der Waals surface area contributed by atoms with E-state index in [1.807, 2.05) is 37.3 Å². The molecular weight excluding hydrogens is 236 g/mol. The summed E-state index contributed by atoms with van der Waals surface area (Å²) in [7, 11) is 0. The van der Waals surface area contributed by atoms with Gasteiger partial charge in [0.1, 0.15) is 6.10 Å². The fourth-order valence-electron chi connectivity index (χ4n) is 2.20. The number of rotatable bonds is 9. The number of aliphatic hydroxyl groups is 1. The molecule has 3 atom stereocenters. The Balaban J connectivity index is 2.39. The fraction of sp³-hybridized carbons (Fsp3) is 0.647. The molecule has 0 heterocycles. The van der Waals surface area contributed by atoms with Crippen molar-refractivity contribution in [2.45, 2.75) is 58.7 Å². The maximum absolute atomic E-state index is 10.2. The first-order valence-electron chi connectivity index (χ1n) is 7.53. The van der Waals surface area contributed by atoms with Gasteiger partial charge in [-0.15, -0.1) is 0 Å². The minimum atomic E-state index is -0.537. The van der Waals surface area contributed by atoms with Crippen LogP contribution in [0.2, 0.25) is 0 Å². The molecule has 0 radical (unpaired) electrons. The molecule has 0 aliphatic rings. The zero-order valence-corrected chi connectivity index (χ0v) is 12.5. The van der Waals surface area contributed by atoms with Gasteiger partial charge in [-0.3, -0.25) is 0 Å². The maximum Gasteiger partial charge on any atom is 0.105 e. The number of hydrogen-bond donors (Lipinski definition) is 1. The molecule has 1 N–H and O–H groups in total. The average molecular weight is 264 g/mol. The number of aliphatic hydroxyl groups excluding tert-OH is 1. The molecule has 0 amide bonds. The molecule has 0 saturated carbocycles. The third-order valence-corrected chi connectivity index (χ3v) is 3.72. The highest BCUT2D eigenvalue weighted by atomic mass is 16.5. The van der Waals surface area contributed by atoms with Gasteiger partial charge in [0.25, 0.3) is 0 Å². The molecule has 2 heteroatoms. The van der Waals surface area contributed by atoms with Crippen LogP contribution in [-0.4, -0.2) is 17.8 Å². The van der Waals surface area contributed by atoms with Crippen molar-refractivity contribution in [2.24, 2.45) is 5.92 Å². The van der Waals surface area contributed by atoms with Gasteiger partial charge in [0.15, 0.2) is 0 Å². The molecule has 0 aliphatic heterocycles. The lowest BCUT2D eigenvalue weighted by Crippen LogP contribution is -2.22. The van der Waals surface area contributed by atoms with Crippen LogP contribution in [0.3, 0.4) is 0 Å². The Kier molecular flexibility index (Phi) is 7.76. The van der Waals surface area contributed by atoms with E-state index in [-0.39, 0.29) is 6.10 Å². The van der Waals surface area contributed by atoms with E-state index in [9.17, 15) is 5.11 Å². The smallest absolute Gasteiger partial charge is 0.105 e. The van der Waals surface area contributed by atoms with Crippen LogP contribution in [-0.2, 0) is 4.74 Å². The summed E-state index contributed by atoms with van der Waals surface area (Å²) in [4.78, 5) is 0. The summed E-state index contributed by atoms with van der Waals surface area (Å²) in [5, 5.41) is 10.2. The summed E-state index contributed by atoms with van der Waals surface area (Å²) >= 11 is 0. The van der Waals surface area contributed by atoms with Crippen LogP contribution in [0.4, 0.5) is 0 Å². The lowest BCUT2D eigenvalue weighted by molar-refractivity contribution is -0.0421. The van der Waals surface area contributed by atoms with E-state index in [4.69, 9.17) is 4.74 Å². The standard InChI is InChI=1S/C17H28O2/c1-4-6-10-15(5-2)13-19-14(3)17(18)16-11-8-7-9-12-16/h7-9,11-12,14-15,17-18H,4-6,10,13H2,1-3H3. The van der Waals surface area contributed by atoms with E-state index in [1.165, 1.54) is 19.3 Å². The zero-order valence-electron chi connectivity index (χ0n) is 12.5. The largest absolute Gasteiger partial charge is 0.386 e. The molecule has 0 saturated heterocycles. The topological polar surface area (TPSA) is 29.5 Å². The Morgan fingerprint density at radius 3 is 2.42 bits per heavy atom. The van der Waals surface area contributed by atoms with Crippen molar-refractivity contribution in [1.29, 1.82) is 0 Å². The number of benzene rings is 1. The predicted octanol–water partition coefficient (Wildman–Crippen LogP) is 4.34. The van der Waals surface area contributed by atoms with Crippen molar-refractivity contribution in [3.63, 3.8) is 0 Å². The first kappa shape index (κ1) is 16.2. The highest BCUT2D eigenvalue weighted by Gasteiger charge is 2.18. The molecule has 2 nitrogen and oxygen atoms in total. The molecule has 0 fully saturated rings. The van der Waals surface area contributed by atoms with Gasteiger partial charge in [-0.25, -0.2) is 0 Å². The Labute approximate surface area is 117 Å². The fourth-order valence-corrected chi connectivity index (χ4v) is 2.20. The molecule has 0 bridgehead atoms. The summed E-state index contributed by atoms with van der Waals surface area (Å²) < 4.78 is 5.86. The van der Waals surface area contributed by atoms with Crippen LogP contribution < -0.4 is 0 Å². The maximum atomic E-state index is 10.2. The van der Waals surface area contributed by atoms with Gasteiger partial charge < -0.3 is 9.84 Å².